The van der Waals surface area contributed by atoms with Gasteiger partial charge in [-0.25, -0.2) is 8.42 Å². The van der Waals surface area contributed by atoms with Gasteiger partial charge in [-0.15, -0.1) is 0 Å². The minimum absolute atomic E-state index is 0.130. The van der Waals surface area contributed by atoms with Crippen molar-refractivity contribution in [1.29, 1.82) is 0 Å². The van der Waals surface area contributed by atoms with Crippen LogP contribution in [0.3, 0.4) is 0 Å². The summed E-state index contributed by atoms with van der Waals surface area (Å²) in [6, 6.07) is 7.50. The Kier molecular flexibility index (Phi) is 7.52. The number of aryl methyl sites for hydroxylation is 1. The predicted molar refractivity (Wildman–Crippen MR) is 112 cm³/mol. The molecule has 2 fully saturated rings. The van der Waals surface area contributed by atoms with E-state index >= 15 is 0 Å². The highest BCUT2D eigenvalue weighted by Crippen LogP contribution is 2.27. The zero-order valence-corrected chi connectivity index (χ0v) is 17.8. The van der Waals surface area contributed by atoms with E-state index in [0.29, 0.717) is 30.4 Å². The molecule has 1 aromatic carbocycles. The smallest absolute Gasteiger partial charge is 0.243 e. The Bertz CT molecular complexity index is 755. The highest BCUT2D eigenvalue weighted by atomic mass is 32.2. The SMILES string of the molecule is Cc1ccccc1S(=O)(=O)N1CCCC(CCC(=O)NC2CCCCCC2)C1. The Hall–Kier alpha value is -1.40. The molecule has 1 saturated heterocycles. The molecule has 1 aliphatic carbocycles. The van der Waals surface area contributed by atoms with Crippen molar-refractivity contribution in [3.8, 4) is 0 Å². The molecule has 0 radical (unpaired) electrons. The Morgan fingerprint density at radius 2 is 1.79 bits per heavy atom. The van der Waals surface area contributed by atoms with Crippen molar-refractivity contribution in [2.45, 2.75) is 82.1 Å². The third kappa shape index (κ3) is 5.57. The fourth-order valence-corrected chi connectivity index (χ4v) is 6.30. The summed E-state index contributed by atoms with van der Waals surface area (Å²) < 4.78 is 27.7. The molecule has 1 unspecified atom stereocenters. The van der Waals surface area contributed by atoms with Crippen LogP contribution in [0.1, 0.15) is 69.8 Å². The summed E-state index contributed by atoms with van der Waals surface area (Å²) in [4.78, 5) is 12.8. The highest BCUT2D eigenvalue weighted by molar-refractivity contribution is 7.89. The molecule has 2 aliphatic rings. The summed E-state index contributed by atoms with van der Waals surface area (Å²) in [7, 11) is -3.46. The van der Waals surface area contributed by atoms with Crippen LogP contribution in [0.15, 0.2) is 29.2 Å². The molecule has 3 rings (SSSR count). The predicted octanol–water partition coefficient (Wildman–Crippen LogP) is 4.01. The van der Waals surface area contributed by atoms with Gasteiger partial charge < -0.3 is 5.32 Å². The van der Waals surface area contributed by atoms with Crippen LogP contribution in [0.2, 0.25) is 0 Å². The van der Waals surface area contributed by atoms with E-state index in [1.165, 1.54) is 25.7 Å². The Labute approximate surface area is 169 Å². The van der Waals surface area contributed by atoms with Crippen LogP contribution in [0.5, 0.6) is 0 Å². The third-order valence-electron chi connectivity index (χ3n) is 6.19. The molecule has 156 valence electrons. The summed E-state index contributed by atoms with van der Waals surface area (Å²) in [5, 5.41) is 3.20. The minimum Gasteiger partial charge on any atom is -0.353 e. The van der Waals surface area contributed by atoms with Crippen molar-refractivity contribution in [1.82, 2.24) is 9.62 Å². The second-order valence-corrected chi connectivity index (χ2v) is 10.3. The van der Waals surface area contributed by atoms with Gasteiger partial charge in [-0.05, 0) is 56.6 Å². The van der Waals surface area contributed by atoms with Gasteiger partial charge in [0.05, 0.1) is 4.90 Å². The number of nitrogens with one attached hydrogen (secondary N) is 1. The third-order valence-corrected chi connectivity index (χ3v) is 8.22. The van der Waals surface area contributed by atoms with Gasteiger partial charge in [-0.1, -0.05) is 43.9 Å². The average molecular weight is 407 g/mol. The van der Waals surface area contributed by atoms with Crippen LogP contribution >= 0.6 is 0 Å². The van der Waals surface area contributed by atoms with Gasteiger partial charge >= 0.3 is 0 Å². The van der Waals surface area contributed by atoms with Gasteiger partial charge in [0.2, 0.25) is 15.9 Å². The first-order valence-corrected chi connectivity index (χ1v) is 12.3. The van der Waals surface area contributed by atoms with Crippen LogP contribution in [-0.2, 0) is 14.8 Å². The second kappa shape index (κ2) is 9.88. The van der Waals surface area contributed by atoms with Crippen LogP contribution in [0, 0.1) is 12.8 Å². The van der Waals surface area contributed by atoms with E-state index in [4.69, 9.17) is 0 Å². The first kappa shape index (κ1) is 21.3. The van der Waals surface area contributed by atoms with Gasteiger partial charge in [0.1, 0.15) is 0 Å². The van der Waals surface area contributed by atoms with Crippen molar-refractivity contribution in [3.05, 3.63) is 29.8 Å². The summed E-state index contributed by atoms with van der Waals surface area (Å²) in [5.41, 5.74) is 0.785. The number of hydrogen-bond donors (Lipinski definition) is 1. The first-order valence-electron chi connectivity index (χ1n) is 10.8. The van der Waals surface area contributed by atoms with Crippen LogP contribution in [-0.4, -0.2) is 37.8 Å². The van der Waals surface area contributed by atoms with Crippen molar-refractivity contribution in [3.63, 3.8) is 0 Å². The van der Waals surface area contributed by atoms with Crippen molar-refractivity contribution in [2.75, 3.05) is 13.1 Å². The van der Waals surface area contributed by atoms with E-state index in [1.807, 2.05) is 19.1 Å². The first-order chi connectivity index (χ1) is 13.5. The standard InChI is InChI=1S/C22H34N2O3S/c1-18-9-6-7-13-21(18)28(26,27)24-16-8-10-19(17-24)14-15-22(25)23-20-11-4-2-3-5-12-20/h6-7,9,13,19-20H,2-5,8,10-12,14-17H2,1H3,(H,23,25). The molecule has 6 heteroatoms. The second-order valence-electron chi connectivity index (χ2n) is 8.43. The number of carbonyl (C=O) groups excluding carboxylic acids is 1. The Morgan fingerprint density at radius 3 is 2.50 bits per heavy atom. The number of amides is 1. The molecule has 0 spiro atoms. The van der Waals surface area contributed by atoms with Crippen LogP contribution in [0.4, 0.5) is 0 Å². The highest BCUT2D eigenvalue weighted by Gasteiger charge is 2.31. The average Bonchev–Trinajstić information content (AvgIpc) is 2.95. The molecule has 1 saturated carbocycles. The number of piperidine rings is 1. The maximum absolute atomic E-state index is 13.0. The number of sulfonamides is 1. The summed E-state index contributed by atoms with van der Waals surface area (Å²) in [6.45, 7) is 2.93. The van der Waals surface area contributed by atoms with E-state index in [0.717, 1.165) is 37.7 Å². The quantitative estimate of drug-likeness (QED) is 0.726. The van der Waals surface area contributed by atoms with Gasteiger partial charge in [-0.2, -0.15) is 4.31 Å². The summed E-state index contributed by atoms with van der Waals surface area (Å²) in [6.07, 6.45) is 10.3. The molecule has 0 bridgehead atoms. The van der Waals surface area contributed by atoms with Crippen LogP contribution in [0.25, 0.3) is 0 Å². The van der Waals surface area contributed by atoms with Crippen LogP contribution < -0.4 is 5.32 Å². The lowest BCUT2D eigenvalue weighted by Crippen LogP contribution is -2.40. The fraction of sp³-hybridized carbons (Fsp3) is 0.682. The number of hydrogen-bond acceptors (Lipinski definition) is 3. The lowest BCUT2D eigenvalue weighted by molar-refractivity contribution is -0.122. The summed E-state index contributed by atoms with van der Waals surface area (Å²) >= 11 is 0. The van der Waals surface area contributed by atoms with E-state index in [-0.39, 0.29) is 11.8 Å². The lowest BCUT2D eigenvalue weighted by atomic mass is 9.94. The largest absolute Gasteiger partial charge is 0.353 e. The Morgan fingerprint density at radius 1 is 1.07 bits per heavy atom. The van der Waals surface area contributed by atoms with Gasteiger partial charge in [0.15, 0.2) is 0 Å². The van der Waals surface area contributed by atoms with E-state index in [1.54, 1.807) is 16.4 Å². The molecule has 1 heterocycles. The minimum atomic E-state index is -3.46. The Balaban J connectivity index is 1.52. The van der Waals surface area contributed by atoms with E-state index < -0.39 is 10.0 Å². The molecule has 5 nitrogen and oxygen atoms in total. The number of carbonyl (C=O) groups is 1. The number of rotatable bonds is 6. The summed E-state index contributed by atoms with van der Waals surface area (Å²) in [5.74, 6) is 0.387. The molecule has 1 aliphatic heterocycles. The van der Waals surface area contributed by atoms with Gasteiger partial charge in [0.25, 0.3) is 0 Å². The lowest BCUT2D eigenvalue weighted by Gasteiger charge is -2.32. The molecule has 28 heavy (non-hydrogen) atoms. The molecule has 1 amide bonds. The number of benzene rings is 1. The van der Waals surface area contributed by atoms with Gasteiger partial charge in [-0.3, -0.25) is 4.79 Å². The maximum Gasteiger partial charge on any atom is 0.243 e. The monoisotopic (exact) mass is 406 g/mol. The number of nitrogens with zero attached hydrogens (tertiary/aromatic N) is 1. The molecular formula is C22H34N2O3S. The van der Waals surface area contributed by atoms with Crippen molar-refractivity contribution >= 4 is 15.9 Å². The van der Waals surface area contributed by atoms with E-state index in [9.17, 15) is 13.2 Å². The molecule has 0 aromatic heterocycles. The normalized spacial score (nSPS) is 22.5. The van der Waals surface area contributed by atoms with Crippen molar-refractivity contribution in [2.24, 2.45) is 5.92 Å². The van der Waals surface area contributed by atoms with Crippen molar-refractivity contribution < 1.29 is 13.2 Å². The zero-order chi connectivity index (χ0) is 20.0. The fourth-order valence-electron chi connectivity index (χ4n) is 4.52. The molecule has 1 aromatic rings. The topological polar surface area (TPSA) is 66.5 Å². The molecule has 1 atom stereocenters. The molecular weight excluding hydrogens is 372 g/mol. The van der Waals surface area contributed by atoms with E-state index in [2.05, 4.69) is 5.32 Å². The molecule has 1 N–H and O–H groups in total. The maximum atomic E-state index is 13.0. The zero-order valence-electron chi connectivity index (χ0n) is 17.0. The van der Waals surface area contributed by atoms with Gasteiger partial charge in [0, 0.05) is 25.6 Å².